The topological polar surface area (TPSA) is 118 Å². The molecule has 7 nitrogen and oxygen atoms in total. The van der Waals surface area contributed by atoms with Gasteiger partial charge in [0.15, 0.2) is 0 Å². The molecule has 0 bridgehead atoms. The summed E-state index contributed by atoms with van der Waals surface area (Å²) in [5, 5.41) is 23.6. The summed E-state index contributed by atoms with van der Waals surface area (Å²) in [6, 6.07) is 8.03. The molecule has 0 aliphatic heterocycles. The van der Waals surface area contributed by atoms with E-state index in [0.717, 1.165) is 0 Å². The number of nitrogens with one attached hydrogen (secondary N) is 3. The lowest BCUT2D eigenvalue weighted by Gasteiger charge is -2.09. The van der Waals surface area contributed by atoms with Crippen LogP contribution in [-0.4, -0.2) is 29.1 Å². The number of amides is 1. The standard InChI is InChI=1S/C16H15ClN4O3/c17-13-2-1-3-14(12(13)7-18)21-16(24)11-6-10(8-19-4-5-22)9-20-15(11)23/h1-3,6,9,19,22H,4-5,8H2,(H,20,23)(H,21,24). The Morgan fingerprint density at radius 3 is 2.92 bits per heavy atom. The van der Waals surface area contributed by atoms with E-state index in [1.165, 1.54) is 24.4 Å². The zero-order chi connectivity index (χ0) is 17.5. The SMILES string of the molecule is N#Cc1c(Cl)cccc1NC(=O)c1cc(CNCCO)c[nH]c1=O. The zero-order valence-electron chi connectivity index (χ0n) is 12.6. The molecule has 0 atom stereocenters. The first-order valence-electron chi connectivity index (χ1n) is 7.10. The van der Waals surface area contributed by atoms with E-state index in [4.69, 9.17) is 22.0 Å². The number of aliphatic hydroxyl groups is 1. The van der Waals surface area contributed by atoms with Crippen LogP contribution in [0.1, 0.15) is 21.5 Å². The summed E-state index contributed by atoms with van der Waals surface area (Å²) in [5.41, 5.74) is 0.420. The Labute approximate surface area is 142 Å². The quantitative estimate of drug-likeness (QED) is 0.587. The number of anilines is 1. The minimum Gasteiger partial charge on any atom is -0.395 e. The number of aliphatic hydroxyl groups excluding tert-OH is 1. The van der Waals surface area contributed by atoms with Crippen LogP contribution in [-0.2, 0) is 6.54 Å². The minimum absolute atomic E-state index is 0.0115. The van der Waals surface area contributed by atoms with Gasteiger partial charge in [-0.3, -0.25) is 9.59 Å². The summed E-state index contributed by atoms with van der Waals surface area (Å²) in [6.07, 6.45) is 1.49. The van der Waals surface area contributed by atoms with Crippen LogP contribution < -0.4 is 16.2 Å². The molecule has 1 amide bonds. The van der Waals surface area contributed by atoms with Gasteiger partial charge >= 0.3 is 0 Å². The van der Waals surface area contributed by atoms with Crippen molar-refractivity contribution in [3.8, 4) is 6.07 Å². The molecule has 8 heteroatoms. The third-order valence-electron chi connectivity index (χ3n) is 3.20. The van der Waals surface area contributed by atoms with Crippen LogP contribution >= 0.6 is 11.6 Å². The normalized spacial score (nSPS) is 10.2. The van der Waals surface area contributed by atoms with Crippen LogP contribution in [0.2, 0.25) is 5.02 Å². The molecule has 1 aromatic carbocycles. The van der Waals surface area contributed by atoms with Crippen molar-refractivity contribution in [3.05, 3.63) is 62.5 Å². The van der Waals surface area contributed by atoms with Crippen LogP contribution in [0.15, 0.2) is 35.3 Å². The number of hydrogen-bond acceptors (Lipinski definition) is 5. The third kappa shape index (κ3) is 4.20. The molecule has 0 spiro atoms. The van der Waals surface area contributed by atoms with Crippen molar-refractivity contribution < 1.29 is 9.90 Å². The molecule has 24 heavy (non-hydrogen) atoms. The highest BCUT2D eigenvalue weighted by molar-refractivity contribution is 6.32. The minimum atomic E-state index is -0.640. The molecule has 0 fully saturated rings. The number of halogens is 1. The first kappa shape index (κ1) is 17.7. The molecule has 124 valence electrons. The zero-order valence-corrected chi connectivity index (χ0v) is 13.4. The average Bonchev–Trinajstić information content (AvgIpc) is 2.56. The lowest BCUT2D eigenvalue weighted by Crippen LogP contribution is -2.25. The van der Waals surface area contributed by atoms with Crippen LogP contribution in [0, 0.1) is 11.3 Å². The number of H-pyrrole nitrogens is 1. The second-order valence-corrected chi connectivity index (χ2v) is 5.29. The second kappa shape index (κ2) is 8.26. The lowest BCUT2D eigenvalue weighted by molar-refractivity contribution is 0.102. The number of rotatable bonds is 6. The molecule has 0 saturated carbocycles. The number of hydrogen-bond donors (Lipinski definition) is 4. The number of carbonyl (C=O) groups excluding carboxylic acids is 1. The molecule has 1 aromatic heterocycles. The van der Waals surface area contributed by atoms with Gasteiger partial charge in [-0.2, -0.15) is 5.26 Å². The molecule has 0 aliphatic rings. The maximum atomic E-state index is 12.4. The fourth-order valence-corrected chi connectivity index (χ4v) is 2.26. The first-order valence-corrected chi connectivity index (χ1v) is 7.47. The maximum Gasteiger partial charge on any atom is 0.261 e. The molecule has 4 N–H and O–H groups in total. The summed E-state index contributed by atoms with van der Waals surface area (Å²) in [4.78, 5) is 26.7. The van der Waals surface area contributed by atoms with Gasteiger partial charge in [0, 0.05) is 19.3 Å². The highest BCUT2D eigenvalue weighted by Crippen LogP contribution is 2.23. The van der Waals surface area contributed by atoms with Crippen molar-refractivity contribution in [2.45, 2.75) is 6.54 Å². The summed E-state index contributed by atoms with van der Waals surface area (Å²) in [5.74, 6) is -0.640. The molecular formula is C16H15ClN4O3. The number of pyridine rings is 1. The number of nitriles is 1. The molecule has 0 saturated heterocycles. The number of aromatic amines is 1. The number of nitrogens with zero attached hydrogens (tertiary/aromatic N) is 1. The van der Waals surface area contributed by atoms with Crippen molar-refractivity contribution in [1.29, 1.82) is 5.26 Å². The van der Waals surface area contributed by atoms with E-state index in [1.807, 2.05) is 6.07 Å². The third-order valence-corrected chi connectivity index (χ3v) is 3.51. The van der Waals surface area contributed by atoms with Crippen LogP contribution in [0.4, 0.5) is 5.69 Å². The number of benzene rings is 1. The molecular weight excluding hydrogens is 332 g/mol. The summed E-state index contributed by atoms with van der Waals surface area (Å²) in [6.45, 7) is 0.773. The van der Waals surface area contributed by atoms with Crippen molar-refractivity contribution in [2.75, 3.05) is 18.5 Å². The molecule has 2 rings (SSSR count). The summed E-state index contributed by atoms with van der Waals surface area (Å²) in [7, 11) is 0. The summed E-state index contributed by atoms with van der Waals surface area (Å²) < 4.78 is 0. The van der Waals surface area contributed by atoms with Gasteiger partial charge < -0.3 is 20.7 Å². The molecule has 0 unspecified atom stereocenters. The average molecular weight is 347 g/mol. The fourth-order valence-electron chi connectivity index (χ4n) is 2.04. The Morgan fingerprint density at radius 1 is 1.42 bits per heavy atom. The van der Waals surface area contributed by atoms with Gasteiger partial charge in [0.1, 0.15) is 11.6 Å². The molecule has 0 radical (unpaired) electrons. The lowest BCUT2D eigenvalue weighted by atomic mass is 10.1. The largest absolute Gasteiger partial charge is 0.395 e. The predicted octanol–water partition coefficient (Wildman–Crippen LogP) is 1.23. The highest BCUT2D eigenvalue weighted by Gasteiger charge is 2.15. The smallest absolute Gasteiger partial charge is 0.261 e. The monoisotopic (exact) mass is 346 g/mol. The van der Waals surface area contributed by atoms with E-state index in [-0.39, 0.29) is 28.4 Å². The van der Waals surface area contributed by atoms with Crippen molar-refractivity contribution >= 4 is 23.2 Å². The van der Waals surface area contributed by atoms with Gasteiger partial charge in [-0.05, 0) is 23.8 Å². The van der Waals surface area contributed by atoms with Crippen molar-refractivity contribution in [1.82, 2.24) is 10.3 Å². The number of carbonyl (C=O) groups is 1. The van der Waals surface area contributed by atoms with Crippen LogP contribution in [0.5, 0.6) is 0 Å². The Morgan fingerprint density at radius 2 is 2.21 bits per heavy atom. The van der Waals surface area contributed by atoms with Gasteiger partial charge in [0.2, 0.25) is 0 Å². The van der Waals surface area contributed by atoms with Gasteiger partial charge in [0.25, 0.3) is 11.5 Å². The van der Waals surface area contributed by atoms with Crippen LogP contribution in [0.3, 0.4) is 0 Å². The van der Waals surface area contributed by atoms with Crippen molar-refractivity contribution in [2.24, 2.45) is 0 Å². The van der Waals surface area contributed by atoms with Crippen molar-refractivity contribution in [3.63, 3.8) is 0 Å². The Kier molecular flexibility index (Phi) is 6.09. The summed E-state index contributed by atoms with van der Waals surface area (Å²) >= 11 is 5.92. The Hall–Kier alpha value is -2.66. The maximum absolute atomic E-state index is 12.4. The highest BCUT2D eigenvalue weighted by atomic mass is 35.5. The van der Waals surface area contributed by atoms with Gasteiger partial charge in [-0.1, -0.05) is 17.7 Å². The van der Waals surface area contributed by atoms with E-state index < -0.39 is 11.5 Å². The van der Waals surface area contributed by atoms with E-state index >= 15 is 0 Å². The van der Waals surface area contributed by atoms with Gasteiger partial charge in [-0.15, -0.1) is 0 Å². The Balaban J connectivity index is 2.24. The Bertz CT molecular complexity index is 842. The van der Waals surface area contributed by atoms with Crippen LogP contribution in [0.25, 0.3) is 0 Å². The molecule has 2 aromatic rings. The molecule has 0 aliphatic carbocycles. The van der Waals surface area contributed by atoms with E-state index in [2.05, 4.69) is 15.6 Å². The second-order valence-electron chi connectivity index (χ2n) is 4.88. The first-order chi connectivity index (χ1) is 11.6. The predicted molar refractivity (Wildman–Crippen MR) is 90.0 cm³/mol. The molecule has 1 heterocycles. The number of aromatic nitrogens is 1. The van der Waals surface area contributed by atoms with E-state index in [0.29, 0.717) is 18.7 Å². The van der Waals surface area contributed by atoms with E-state index in [9.17, 15) is 9.59 Å². The van der Waals surface area contributed by atoms with E-state index in [1.54, 1.807) is 6.07 Å². The van der Waals surface area contributed by atoms with Gasteiger partial charge in [-0.25, -0.2) is 0 Å². The van der Waals surface area contributed by atoms with Gasteiger partial charge in [0.05, 0.1) is 22.9 Å². The fraction of sp³-hybridized carbons (Fsp3) is 0.188.